The Balaban J connectivity index is 2.11. The second-order valence-electron chi connectivity index (χ2n) is 4.56. The van der Waals surface area contributed by atoms with Crippen molar-refractivity contribution in [3.8, 4) is 0 Å². The SMILES string of the molecule is CC(N)Cc1nccc(C2CCCC2)n1. The summed E-state index contributed by atoms with van der Waals surface area (Å²) in [5.74, 6) is 1.56. The van der Waals surface area contributed by atoms with Crippen LogP contribution in [0.25, 0.3) is 0 Å². The van der Waals surface area contributed by atoms with Gasteiger partial charge in [-0.25, -0.2) is 9.97 Å². The Morgan fingerprint density at radius 1 is 1.47 bits per heavy atom. The predicted molar refractivity (Wildman–Crippen MR) is 60.6 cm³/mol. The molecule has 1 atom stereocenters. The Bertz CT molecular complexity index is 316. The van der Waals surface area contributed by atoms with Crippen LogP contribution in [0.15, 0.2) is 12.3 Å². The summed E-state index contributed by atoms with van der Waals surface area (Å²) in [6.45, 7) is 1.99. The molecule has 1 fully saturated rings. The molecular formula is C12H19N3. The molecule has 0 bridgehead atoms. The van der Waals surface area contributed by atoms with Crippen molar-refractivity contribution >= 4 is 0 Å². The van der Waals surface area contributed by atoms with Gasteiger partial charge in [-0.05, 0) is 25.8 Å². The molecule has 15 heavy (non-hydrogen) atoms. The fourth-order valence-corrected chi connectivity index (χ4v) is 2.25. The van der Waals surface area contributed by atoms with Crippen molar-refractivity contribution in [1.82, 2.24) is 9.97 Å². The minimum absolute atomic E-state index is 0.142. The van der Waals surface area contributed by atoms with Crippen molar-refractivity contribution < 1.29 is 0 Å². The molecule has 1 unspecified atom stereocenters. The number of nitrogens with two attached hydrogens (primary N) is 1. The first-order valence-corrected chi connectivity index (χ1v) is 5.83. The Kier molecular flexibility index (Phi) is 3.31. The molecule has 0 aromatic carbocycles. The molecule has 1 aromatic rings. The van der Waals surface area contributed by atoms with Crippen LogP contribution in [0, 0.1) is 0 Å². The lowest BCUT2D eigenvalue weighted by molar-refractivity contribution is 0.658. The van der Waals surface area contributed by atoms with Crippen molar-refractivity contribution in [2.75, 3.05) is 0 Å². The average Bonchev–Trinajstić information content (AvgIpc) is 2.69. The van der Waals surface area contributed by atoms with Gasteiger partial charge in [0.25, 0.3) is 0 Å². The van der Waals surface area contributed by atoms with E-state index < -0.39 is 0 Å². The van der Waals surface area contributed by atoms with E-state index in [0.717, 1.165) is 12.2 Å². The molecular weight excluding hydrogens is 186 g/mol. The highest BCUT2D eigenvalue weighted by Crippen LogP contribution is 2.32. The van der Waals surface area contributed by atoms with E-state index in [1.165, 1.54) is 31.4 Å². The van der Waals surface area contributed by atoms with Gasteiger partial charge in [0.2, 0.25) is 0 Å². The Morgan fingerprint density at radius 2 is 2.20 bits per heavy atom. The summed E-state index contributed by atoms with van der Waals surface area (Å²) in [7, 11) is 0. The van der Waals surface area contributed by atoms with Crippen LogP contribution in [-0.4, -0.2) is 16.0 Å². The van der Waals surface area contributed by atoms with Crippen LogP contribution >= 0.6 is 0 Å². The Morgan fingerprint density at radius 3 is 2.87 bits per heavy atom. The number of hydrogen-bond acceptors (Lipinski definition) is 3. The molecule has 2 N–H and O–H groups in total. The molecule has 1 saturated carbocycles. The first-order chi connectivity index (χ1) is 7.25. The van der Waals surface area contributed by atoms with Gasteiger partial charge in [-0.2, -0.15) is 0 Å². The van der Waals surface area contributed by atoms with Gasteiger partial charge >= 0.3 is 0 Å². The van der Waals surface area contributed by atoms with E-state index >= 15 is 0 Å². The number of nitrogens with zero attached hydrogens (tertiary/aromatic N) is 2. The quantitative estimate of drug-likeness (QED) is 0.821. The fourth-order valence-electron chi connectivity index (χ4n) is 2.25. The molecule has 0 radical (unpaired) electrons. The molecule has 0 amide bonds. The first kappa shape index (κ1) is 10.6. The molecule has 0 saturated heterocycles. The van der Waals surface area contributed by atoms with Crippen LogP contribution in [0.1, 0.15) is 50.0 Å². The van der Waals surface area contributed by atoms with Gasteiger partial charge in [-0.15, -0.1) is 0 Å². The summed E-state index contributed by atoms with van der Waals surface area (Å²) in [4.78, 5) is 8.86. The average molecular weight is 205 g/mol. The second kappa shape index (κ2) is 4.71. The molecule has 82 valence electrons. The number of hydrogen-bond donors (Lipinski definition) is 1. The summed E-state index contributed by atoms with van der Waals surface area (Å²) < 4.78 is 0. The minimum Gasteiger partial charge on any atom is -0.328 e. The monoisotopic (exact) mass is 205 g/mol. The topological polar surface area (TPSA) is 51.8 Å². The summed E-state index contributed by atoms with van der Waals surface area (Å²) in [6, 6.07) is 2.20. The van der Waals surface area contributed by atoms with E-state index in [1.54, 1.807) is 0 Å². The molecule has 0 spiro atoms. The highest BCUT2D eigenvalue weighted by Gasteiger charge is 2.18. The van der Waals surface area contributed by atoms with Gasteiger partial charge < -0.3 is 5.73 Å². The third-order valence-electron chi connectivity index (χ3n) is 3.01. The van der Waals surface area contributed by atoms with Gasteiger partial charge in [0.15, 0.2) is 0 Å². The highest BCUT2D eigenvalue weighted by molar-refractivity contribution is 5.10. The highest BCUT2D eigenvalue weighted by atomic mass is 14.9. The van der Waals surface area contributed by atoms with E-state index in [9.17, 15) is 0 Å². The maximum atomic E-state index is 5.75. The lowest BCUT2D eigenvalue weighted by atomic mass is 10.0. The van der Waals surface area contributed by atoms with Crippen molar-refractivity contribution in [3.05, 3.63) is 23.8 Å². The third-order valence-corrected chi connectivity index (χ3v) is 3.01. The Labute approximate surface area is 91.1 Å². The van der Waals surface area contributed by atoms with Crippen molar-refractivity contribution in [3.63, 3.8) is 0 Å². The zero-order valence-corrected chi connectivity index (χ0v) is 9.32. The maximum Gasteiger partial charge on any atom is 0.130 e. The molecule has 3 heteroatoms. The van der Waals surface area contributed by atoms with Crippen molar-refractivity contribution in [1.29, 1.82) is 0 Å². The normalized spacial score (nSPS) is 19.3. The van der Waals surface area contributed by atoms with Crippen molar-refractivity contribution in [2.45, 2.75) is 51.0 Å². The van der Waals surface area contributed by atoms with Crippen LogP contribution in [0.5, 0.6) is 0 Å². The van der Waals surface area contributed by atoms with Crippen molar-refractivity contribution in [2.24, 2.45) is 5.73 Å². The van der Waals surface area contributed by atoms with Gasteiger partial charge in [-0.3, -0.25) is 0 Å². The van der Waals surface area contributed by atoms with Crippen LogP contribution in [0.3, 0.4) is 0 Å². The maximum absolute atomic E-state index is 5.75. The molecule has 0 aliphatic heterocycles. The van der Waals surface area contributed by atoms with E-state index in [2.05, 4.69) is 16.0 Å². The zero-order chi connectivity index (χ0) is 10.7. The molecule has 3 nitrogen and oxygen atoms in total. The smallest absolute Gasteiger partial charge is 0.130 e. The molecule has 1 aliphatic rings. The molecule has 1 heterocycles. The minimum atomic E-state index is 0.142. The number of aromatic nitrogens is 2. The van der Waals surface area contributed by atoms with Gasteiger partial charge in [0.1, 0.15) is 5.82 Å². The first-order valence-electron chi connectivity index (χ1n) is 5.83. The standard InChI is InChI=1S/C12H19N3/c1-9(13)8-12-14-7-6-11(15-12)10-4-2-3-5-10/h6-7,9-10H,2-5,8,13H2,1H3. The Hall–Kier alpha value is -0.960. The summed E-state index contributed by atoms with van der Waals surface area (Å²) in [5, 5.41) is 0. The summed E-state index contributed by atoms with van der Waals surface area (Å²) >= 11 is 0. The molecule has 1 aromatic heterocycles. The van der Waals surface area contributed by atoms with Crippen LogP contribution in [-0.2, 0) is 6.42 Å². The largest absolute Gasteiger partial charge is 0.328 e. The van der Waals surface area contributed by atoms with Crippen LogP contribution in [0.2, 0.25) is 0 Å². The van der Waals surface area contributed by atoms with E-state index in [-0.39, 0.29) is 6.04 Å². The zero-order valence-electron chi connectivity index (χ0n) is 9.32. The van der Waals surface area contributed by atoms with E-state index in [4.69, 9.17) is 5.73 Å². The van der Waals surface area contributed by atoms with Crippen LogP contribution < -0.4 is 5.73 Å². The van der Waals surface area contributed by atoms with Gasteiger partial charge in [0.05, 0.1) is 0 Å². The number of rotatable bonds is 3. The second-order valence-corrected chi connectivity index (χ2v) is 4.56. The van der Waals surface area contributed by atoms with Gasteiger partial charge in [0, 0.05) is 30.3 Å². The van der Waals surface area contributed by atoms with E-state index in [0.29, 0.717) is 5.92 Å². The lowest BCUT2D eigenvalue weighted by Gasteiger charge is -2.10. The van der Waals surface area contributed by atoms with E-state index in [1.807, 2.05) is 13.1 Å². The summed E-state index contributed by atoms with van der Waals surface area (Å²) in [5.41, 5.74) is 6.97. The molecule has 1 aliphatic carbocycles. The predicted octanol–water partition coefficient (Wildman–Crippen LogP) is 2.02. The summed E-state index contributed by atoms with van der Waals surface area (Å²) in [6.07, 6.45) is 7.91. The van der Waals surface area contributed by atoms with Crippen LogP contribution in [0.4, 0.5) is 0 Å². The van der Waals surface area contributed by atoms with Gasteiger partial charge in [-0.1, -0.05) is 12.8 Å². The lowest BCUT2D eigenvalue weighted by Crippen LogP contribution is -2.19. The third kappa shape index (κ3) is 2.75. The molecule has 2 rings (SSSR count). The fraction of sp³-hybridized carbons (Fsp3) is 0.667.